The van der Waals surface area contributed by atoms with E-state index in [1.54, 1.807) is 0 Å². The number of nitrogens with zero attached hydrogens (tertiary/aromatic N) is 2. The van der Waals surface area contributed by atoms with Crippen LogP contribution in [-0.2, 0) is 0 Å². The van der Waals surface area contributed by atoms with E-state index in [-0.39, 0.29) is 0 Å². The van der Waals surface area contributed by atoms with Crippen LogP contribution in [0.4, 0.5) is 17.1 Å². The Morgan fingerprint density at radius 2 is 0.966 bits per heavy atom. The van der Waals surface area contributed by atoms with Crippen LogP contribution in [0.3, 0.4) is 0 Å². The summed E-state index contributed by atoms with van der Waals surface area (Å²) in [6.45, 7) is 0. The van der Waals surface area contributed by atoms with Gasteiger partial charge < -0.3 is 14.2 Å². The summed E-state index contributed by atoms with van der Waals surface area (Å²) in [4.78, 5) is 2.42. The van der Waals surface area contributed by atoms with E-state index in [1.165, 1.54) is 58.7 Å². The summed E-state index contributed by atoms with van der Waals surface area (Å²) >= 11 is 1.88. The summed E-state index contributed by atoms with van der Waals surface area (Å²) in [5.74, 6) is 1.75. The Balaban J connectivity index is 0.994. The first-order valence-electron chi connectivity index (χ1n) is 19.7. The van der Waals surface area contributed by atoms with Crippen LogP contribution in [0.15, 0.2) is 206 Å². The maximum Gasteiger partial charge on any atom is 0.152 e. The lowest BCUT2D eigenvalue weighted by molar-refractivity contribution is 0.476. The van der Waals surface area contributed by atoms with Crippen molar-refractivity contribution in [3.05, 3.63) is 206 Å². The van der Waals surface area contributed by atoms with E-state index in [0.717, 1.165) is 50.9 Å². The van der Waals surface area contributed by atoms with E-state index in [9.17, 15) is 0 Å². The van der Waals surface area contributed by atoms with Gasteiger partial charge in [0.1, 0.15) is 0 Å². The third-order valence-corrected chi connectivity index (χ3v) is 12.9. The van der Waals surface area contributed by atoms with Crippen molar-refractivity contribution >= 4 is 70.4 Å². The second kappa shape index (κ2) is 13.1. The monoisotopic (exact) mass is 758 g/mol. The van der Waals surface area contributed by atoms with Gasteiger partial charge in [0, 0.05) is 37.6 Å². The van der Waals surface area contributed by atoms with Crippen LogP contribution in [0.2, 0.25) is 0 Å². The minimum Gasteiger partial charge on any atom is -0.453 e. The maximum atomic E-state index is 6.52. The molecule has 0 spiro atoms. The molecule has 0 unspecified atom stereocenters. The lowest BCUT2D eigenvalue weighted by Gasteiger charge is -2.26. The van der Waals surface area contributed by atoms with Gasteiger partial charge in [0.05, 0.1) is 27.1 Å². The van der Waals surface area contributed by atoms with Crippen molar-refractivity contribution in [3.8, 4) is 50.6 Å². The van der Waals surface area contributed by atoms with E-state index in [1.807, 2.05) is 11.3 Å². The van der Waals surface area contributed by atoms with Gasteiger partial charge in [0.2, 0.25) is 0 Å². The average Bonchev–Trinajstić information content (AvgIpc) is 3.85. The molecular weight excluding hydrogens is 725 g/mol. The molecule has 12 rings (SSSR count). The minimum atomic E-state index is 0.860. The van der Waals surface area contributed by atoms with Crippen molar-refractivity contribution < 1.29 is 4.74 Å². The molecule has 0 aliphatic carbocycles. The number of rotatable bonds is 6. The fourth-order valence-corrected chi connectivity index (χ4v) is 10.2. The number of benzene rings is 9. The van der Waals surface area contributed by atoms with E-state index >= 15 is 0 Å². The predicted molar refractivity (Wildman–Crippen MR) is 245 cm³/mol. The van der Waals surface area contributed by atoms with Gasteiger partial charge in [-0.2, -0.15) is 0 Å². The first-order chi connectivity index (χ1) is 28.8. The zero-order chi connectivity index (χ0) is 38.2. The molecule has 3 nitrogen and oxygen atoms in total. The quantitative estimate of drug-likeness (QED) is 0.168. The number of hydrogen-bond donors (Lipinski definition) is 0. The van der Waals surface area contributed by atoms with E-state index in [4.69, 9.17) is 4.74 Å². The Hall–Kier alpha value is -7.40. The van der Waals surface area contributed by atoms with Gasteiger partial charge in [-0.15, -0.1) is 11.3 Å². The van der Waals surface area contributed by atoms with Crippen molar-refractivity contribution in [2.24, 2.45) is 0 Å². The standard InChI is InChI=1S/C54H34N2OS/c1-3-12-35(13-4-1)36-24-29-40(30-25-36)55(48-22-10-20-46-45-19-9-17-42(53(45)58-54(46)48)38-14-5-2-6-15-38)41-31-26-37(27-32-41)39-28-33-50-49(34-39)56-47-21-8-7-16-43(47)44-18-11-23-51(57-50)52(44)56/h1-34H. The van der Waals surface area contributed by atoms with Crippen LogP contribution in [0.1, 0.15) is 0 Å². The highest BCUT2D eigenvalue weighted by atomic mass is 32.1. The lowest BCUT2D eigenvalue weighted by atomic mass is 10.0. The van der Waals surface area contributed by atoms with Gasteiger partial charge in [0.15, 0.2) is 11.5 Å². The number of aromatic nitrogens is 1. The number of ether oxygens (including phenoxy) is 1. The van der Waals surface area contributed by atoms with Gasteiger partial charge in [-0.1, -0.05) is 152 Å². The molecule has 9 aromatic carbocycles. The van der Waals surface area contributed by atoms with Crippen LogP contribution >= 0.6 is 11.3 Å². The summed E-state index contributed by atoms with van der Waals surface area (Å²) in [5.41, 5.74) is 13.9. The normalized spacial score (nSPS) is 11.9. The molecule has 1 aliphatic rings. The Labute approximate surface area is 339 Å². The molecule has 0 amide bonds. The Morgan fingerprint density at radius 3 is 1.72 bits per heavy atom. The van der Waals surface area contributed by atoms with Crippen LogP contribution < -0.4 is 9.64 Å². The molecule has 0 bridgehead atoms. The highest BCUT2D eigenvalue weighted by Gasteiger charge is 2.24. The van der Waals surface area contributed by atoms with Crippen molar-refractivity contribution in [2.45, 2.75) is 0 Å². The van der Waals surface area contributed by atoms with Crippen molar-refractivity contribution in [3.63, 3.8) is 0 Å². The topological polar surface area (TPSA) is 17.4 Å². The molecule has 272 valence electrons. The summed E-state index contributed by atoms with van der Waals surface area (Å²) in [5, 5.41) is 4.98. The summed E-state index contributed by atoms with van der Waals surface area (Å²) < 4.78 is 11.5. The second-order valence-electron chi connectivity index (χ2n) is 14.9. The fraction of sp³-hybridized carbons (Fsp3) is 0. The van der Waals surface area contributed by atoms with Crippen LogP contribution in [0, 0.1) is 0 Å². The third kappa shape index (κ3) is 5.12. The van der Waals surface area contributed by atoms with Gasteiger partial charge in [-0.05, 0) is 88.0 Å². The number of fused-ring (bicyclic) bond motifs is 8. The van der Waals surface area contributed by atoms with Crippen LogP contribution in [-0.4, -0.2) is 4.57 Å². The third-order valence-electron chi connectivity index (χ3n) is 11.6. The van der Waals surface area contributed by atoms with Crippen molar-refractivity contribution in [2.75, 3.05) is 4.90 Å². The molecule has 0 atom stereocenters. The highest BCUT2D eigenvalue weighted by Crippen LogP contribution is 2.49. The number of thiophene rings is 1. The van der Waals surface area contributed by atoms with Gasteiger partial charge in [-0.25, -0.2) is 0 Å². The maximum absolute atomic E-state index is 6.52. The molecule has 4 heteroatoms. The Bertz CT molecular complexity index is 3350. The first kappa shape index (κ1) is 32.8. The summed E-state index contributed by atoms with van der Waals surface area (Å²) in [7, 11) is 0. The molecule has 0 saturated heterocycles. The average molecular weight is 759 g/mol. The van der Waals surface area contributed by atoms with Gasteiger partial charge >= 0.3 is 0 Å². The zero-order valence-corrected chi connectivity index (χ0v) is 32.2. The molecule has 58 heavy (non-hydrogen) atoms. The van der Waals surface area contributed by atoms with Gasteiger partial charge in [-0.3, -0.25) is 0 Å². The Morgan fingerprint density at radius 1 is 0.397 bits per heavy atom. The van der Waals surface area contributed by atoms with Gasteiger partial charge in [0.25, 0.3) is 0 Å². The molecule has 0 fully saturated rings. The molecule has 3 heterocycles. The molecule has 0 radical (unpaired) electrons. The second-order valence-corrected chi connectivity index (χ2v) is 15.9. The van der Waals surface area contributed by atoms with E-state index in [0.29, 0.717) is 0 Å². The van der Waals surface area contributed by atoms with Crippen molar-refractivity contribution in [1.82, 2.24) is 4.57 Å². The molecule has 11 aromatic rings. The molecular formula is C54H34N2OS. The van der Waals surface area contributed by atoms with Crippen LogP contribution in [0.5, 0.6) is 11.5 Å². The zero-order valence-electron chi connectivity index (χ0n) is 31.3. The lowest BCUT2D eigenvalue weighted by Crippen LogP contribution is -2.10. The van der Waals surface area contributed by atoms with Crippen LogP contribution in [0.25, 0.3) is 81.0 Å². The summed E-state index contributed by atoms with van der Waals surface area (Å²) in [6, 6.07) is 74.3. The number of para-hydroxylation sites is 2. The smallest absolute Gasteiger partial charge is 0.152 e. The highest BCUT2D eigenvalue weighted by molar-refractivity contribution is 7.27. The molecule has 0 N–H and O–H groups in total. The molecule has 0 saturated carbocycles. The fourth-order valence-electron chi connectivity index (χ4n) is 8.89. The molecule has 1 aliphatic heterocycles. The first-order valence-corrected chi connectivity index (χ1v) is 20.5. The SMILES string of the molecule is c1ccc(-c2ccc(N(c3ccc(-c4ccc5c(c4)-n4c6ccccc6c6cccc(c64)O5)cc3)c3cccc4c3sc3c(-c5ccccc5)cccc34)cc2)cc1. The summed E-state index contributed by atoms with van der Waals surface area (Å²) in [6.07, 6.45) is 0. The largest absolute Gasteiger partial charge is 0.453 e. The Kier molecular flexibility index (Phi) is 7.40. The number of hydrogen-bond acceptors (Lipinski definition) is 3. The van der Waals surface area contributed by atoms with E-state index < -0.39 is 0 Å². The predicted octanol–water partition coefficient (Wildman–Crippen LogP) is 15.7. The molecule has 2 aromatic heterocycles. The minimum absolute atomic E-state index is 0.860. The van der Waals surface area contributed by atoms with Crippen molar-refractivity contribution in [1.29, 1.82) is 0 Å². The van der Waals surface area contributed by atoms with E-state index in [2.05, 4.69) is 216 Å². The number of anilines is 3.